The molecule has 7 rings (SSSR count). The van der Waals surface area contributed by atoms with Gasteiger partial charge in [0.25, 0.3) is 0 Å². The highest BCUT2D eigenvalue weighted by atomic mass is 79.9. The molecule has 1 saturated heterocycles. The van der Waals surface area contributed by atoms with E-state index in [1.165, 1.54) is 12.0 Å². The van der Waals surface area contributed by atoms with E-state index < -0.39 is 0 Å². The maximum Gasteiger partial charge on any atom is 0.228 e. The number of carbonyl (C=O) groups is 1. The molecule has 4 saturated carbocycles. The van der Waals surface area contributed by atoms with Crippen LogP contribution < -0.4 is 4.74 Å². The van der Waals surface area contributed by atoms with Crippen molar-refractivity contribution in [2.24, 2.45) is 17.3 Å². The van der Waals surface area contributed by atoms with Crippen LogP contribution in [0.15, 0.2) is 35.3 Å². The fourth-order valence-corrected chi connectivity index (χ4v) is 7.94. The molecule has 1 aromatic heterocycles. The summed E-state index contributed by atoms with van der Waals surface area (Å²) in [6.45, 7) is 4.39. The van der Waals surface area contributed by atoms with Crippen LogP contribution in [0.25, 0.3) is 0 Å². The molecule has 5 fully saturated rings. The molecule has 0 radical (unpaired) electrons. The molecule has 1 aromatic carbocycles. The molecular weight excluding hydrogens is 482 g/mol. The van der Waals surface area contributed by atoms with Gasteiger partial charge in [0.15, 0.2) is 0 Å². The first kappa shape index (κ1) is 21.6. The first-order valence-electron chi connectivity index (χ1n) is 12.2. The van der Waals surface area contributed by atoms with Crippen molar-refractivity contribution in [3.8, 4) is 5.75 Å². The van der Waals surface area contributed by atoms with Crippen LogP contribution in [-0.2, 0) is 16.9 Å². The lowest BCUT2D eigenvalue weighted by Gasteiger charge is -2.61. The third-order valence-electron chi connectivity index (χ3n) is 8.63. The zero-order valence-corrected chi connectivity index (χ0v) is 20.8. The van der Waals surface area contributed by atoms with Crippen LogP contribution in [0.1, 0.15) is 44.1 Å². The maximum atomic E-state index is 14.0. The molecular formula is C25H32BrN5O2. The molecule has 176 valence electrons. The Hall–Kier alpha value is -1.93. The van der Waals surface area contributed by atoms with E-state index in [9.17, 15) is 4.79 Å². The van der Waals surface area contributed by atoms with Crippen molar-refractivity contribution in [2.45, 2.75) is 50.6 Å². The number of ether oxygens (including phenoxy) is 1. The van der Waals surface area contributed by atoms with Crippen molar-refractivity contribution in [2.75, 3.05) is 33.3 Å². The van der Waals surface area contributed by atoms with E-state index in [2.05, 4.69) is 52.6 Å². The van der Waals surface area contributed by atoms with Crippen LogP contribution in [0.5, 0.6) is 5.75 Å². The van der Waals surface area contributed by atoms with Gasteiger partial charge in [-0.2, -0.15) is 0 Å². The van der Waals surface area contributed by atoms with Gasteiger partial charge in [-0.3, -0.25) is 9.69 Å². The summed E-state index contributed by atoms with van der Waals surface area (Å²) in [6, 6.07) is 8.28. The second-order valence-electron chi connectivity index (χ2n) is 10.8. The van der Waals surface area contributed by atoms with Crippen molar-refractivity contribution in [1.29, 1.82) is 0 Å². The molecule has 33 heavy (non-hydrogen) atoms. The van der Waals surface area contributed by atoms with Crippen LogP contribution in [-0.4, -0.2) is 63.8 Å². The van der Waals surface area contributed by atoms with Gasteiger partial charge in [0, 0.05) is 32.7 Å². The van der Waals surface area contributed by atoms with Crippen molar-refractivity contribution in [1.82, 2.24) is 24.6 Å². The Labute approximate surface area is 203 Å². The Bertz CT molecular complexity index is 1030. The molecule has 2 atom stereocenters. The minimum atomic E-state index is -0.211. The highest BCUT2D eigenvalue weighted by molar-refractivity contribution is 9.10. The Kier molecular flexibility index (Phi) is 5.29. The molecule has 8 heteroatoms. The van der Waals surface area contributed by atoms with E-state index in [1.807, 2.05) is 18.5 Å². The summed E-state index contributed by atoms with van der Waals surface area (Å²) in [4.78, 5) is 23.0. The summed E-state index contributed by atoms with van der Waals surface area (Å²) in [5.41, 5.74) is 1.01. The number of hydrogen-bond acceptors (Lipinski definition) is 5. The number of amides is 1. The minimum absolute atomic E-state index is 0.0348. The molecule has 1 aliphatic heterocycles. The highest BCUT2D eigenvalue weighted by Gasteiger charge is 2.62. The zero-order valence-electron chi connectivity index (χ0n) is 19.3. The average Bonchev–Trinajstić information content (AvgIpc) is 3.26. The van der Waals surface area contributed by atoms with Gasteiger partial charge < -0.3 is 9.64 Å². The van der Waals surface area contributed by atoms with Gasteiger partial charge in [-0.05, 0) is 84.0 Å². The predicted octanol–water partition coefficient (Wildman–Crippen LogP) is 3.69. The second-order valence-corrected chi connectivity index (χ2v) is 11.6. The summed E-state index contributed by atoms with van der Waals surface area (Å²) >= 11 is 3.42. The lowest BCUT2D eigenvalue weighted by Crippen LogP contribution is -2.62. The minimum Gasteiger partial charge on any atom is -0.497 e. The van der Waals surface area contributed by atoms with Gasteiger partial charge >= 0.3 is 0 Å². The molecule has 1 amide bonds. The first-order chi connectivity index (χ1) is 16.0. The summed E-state index contributed by atoms with van der Waals surface area (Å²) in [6.07, 6.45) is 8.47. The number of carbonyl (C=O) groups excluding carboxylic acids is 1. The molecule has 2 heterocycles. The summed E-state index contributed by atoms with van der Waals surface area (Å²) in [5.74, 6) is 2.57. The van der Waals surface area contributed by atoms with E-state index >= 15 is 0 Å². The van der Waals surface area contributed by atoms with Crippen LogP contribution in [0.3, 0.4) is 0 Å². The Morgan fingerprint density at radius 1 is 1.15 bits per heavy atom. The van der Waals surface area contributed by atoms with E-state index in [0.717, 1.165) is 70.6 Å². The number of methoxy groups -OCH3 is 1. The number of nitrogens with zero attached hydrogens (tertiary/aromatic N) is 5. The molecule has 0 spiro atoms. The predicted molar refractivity (Wildman–Crippen MR) is 128 cm³/mol. The maximum absolute atomic E-state index is 14.0. The highest BCUT2D eigenvalue weighted by Crippen LogP contribution is 2.64. The molecule has 4 aliphatic carbocycles. The van der Waals surface area contributed by atoms with Gasteiger partial charge in [0.05, 0.1) is 18.1 Å². The zero-order chi connectivity index (χ0) is 22.6. The summed E-state index contributed by atoms with van der Waals surface area (Å²) < 4.78 is 8.10. The average molecular weight is 514 g/mol. The van der Waals surface area contributed by atoms with Gasteiger partial charge in [0.1, 0.15) is 12.1 Å². The van der Waals surface area contributed by atoms with Gasteiger partial charge in [-0.25, -0.2) is 9.67 Å². The number of benzene rings is 1. The fraction of sp³-hybridized carbons (Fsp3) is 0.640. The molecule has 7 nitrogen and oxygen atoms in total. The smallest absolute Gasteiger partial charge is 0.228 e. The lowest BCUT2D eigenvalue weighted by atomic mass is 9.46. The van der Waals surface area contributed by atoms with Gasteiger partial charge in [-0.1, -0.05) is 12.1 Å². The second kappa shape index (κ2) is 8.08. The summed E-state index contributed by atoms with van der Waals surface area (Å²) in [5, 5.41) is 4.65. The van der Waals surface area contributed by atoms with Crippen molar-refractivity contribution in [3.63, 3.8) is 0 Å². The Morgan fingerprint density at radius 3 is 2.58 bits per heavy atom. The van der Waals surface area contributed by atoms with Crippen LogP contribution in [0, 0.1) is 17.3 Å². The van der Waals surface area contributed by atoms with Crippen LogP contribution in [0.4, 0.5) is 0 Å². The van der Waals surface area contributed by atoms with E-state index in [4.69, 9.17) is 4.74 Å². The Balaban J connectivity index is 1.15. The van der Waals surface area contributed by atoms with E-state index in [1.54, 1.807) is 7.11 Å². The number of aromatic nitrogens is 3. The van der Waals surface area contributed by atoms with Crippen molar-refractivity contribution < 1.29 is 9.53 Å². The standard InChI is InChI=1S/C25H32BrN5O2/c1-33-21-4-2-3-18(10-21)15-29-5-7-30(8-6-29)22(32)24-11-19-9-20(12-24)14-25(13-19,16-24)31-17-27-23(26)28-31/h2-4,10,17,19-20H,5-9,11-16H2,1H3. The van der Waals surface area contributed by atoms with Gasteiger partial charge in [0.2, 0.25) is 10.6 Å². The van der Waals surface area contributed by atoms with Gasteiger partial charge in [-0.15, -0.1) is 5.10 Å². The third-order valence-corrected chi connectivity index (χ3v) is 9.00. The van der Waals surface area contributed by atoms with Crippen molar-refractivity contribution >= 4 is 21.8 Å². The van der Waals surface area contributed by atoms with Crippen LogP contribution >= 0.6 is 15.9 Å². The topological polar surface area (TPSA) is 63.5 Å². The number of piperazine rings is 1. The molecule has 2 unspecified atom stereocenters. The quantitative estimate of drug-likeness (QED) is 0.609. The molecule has 5 aliphatic rings. The Morgan fingerprint density at radius 2 is 1.91 bits per heavy atom. The number of rotatable bonds is 5. The molecule has 0 N–H and O–H groups in total. The number of halogens is 1. The normalized spacial score (nSPS) is 33.5. The number of hydrogen-bond donors (Lipinski definition) is 0. The van der Waals surface area contributed by atoms with E-state index in [-0.39, 0.29) is 11.0 Å². The molecule has 2 aromatic rings. The summed E-state index contributed by atoms with van der Waals surface area (Å²) in [7, 11) is 1.71. The molecule has 4 bridgehead atoms. The fourth-order valence-electron chi connectivity index (χ4n) is 7.68. The lowest BCUT2D eigenvalue weighted by molar-refractivity contribution is -0.168. The monoisotopic (exact) mass is 513 g/mol. The van der Waals surface area contributed by atoms with Crippen LogP contribution in [0.2, 0.25) is 0 Å². The SMILES string of the molecule is COc1cccc(CN2CCN(C(=O)C34CC5CC(C3)CC(n3cnc(Br)n3)(C5)C4)CC2)c1. The van der Waals surface area contributed by atoms with Crippen molar-refractivity contribution in [3.05, 3.63) is 40.9 Å². The third kappa shape index (κ3) is 3.79. The van der Waals surface area contributed by atoms with E-state index in [0.29, 0.717) is 22.5 Å². The largest absolute Gasteiger partial charge is 0.497 e. The first-order valence-corrected chi connectivity index (χ1v) is 13.0.